The molecule has 0 aliphatic carbocycles. The van der Waals surface area contributed by atoms with Crippen molar-refractivity contribution in [3.8, 4) is 0 Å². The van der Waals surface area contributed by atoms with Crippen LogP contribution in [0.3, 0.4) is 0 Å². The number of nitrogens with two attached hydrogens (primary N) is 1. The summed E-state index contributed by atoms with van der Waals surface area (Å²) < 4.78 is 0. The highest BCUT2D eigenvalue weighted by Gasteiger charge is 2.26. The summed E-state index contributed by atoms with van der Waals surface area (Å²) in [5, 5.41) is 11.6. The first-order chi connectivity index (χ1) is 8.20. The highest BCUT2D eigenvalue weighted by molar-refractivity contribution is 7.13. The Hall–Kier alpha value is -1.14. The normalized spacial score (nSPS) is 20.5. The van der Waals surface area contributed by atoms with Gasteiger partial charge in [-0.05, 0) is 19.3 Å². The molecule has 2 rings (SSSR count). The van der Waals surface area contributed by atoms with Crippen LogP contribution in [0.1, 0.15) is 25.0 Å². The molecule has 94 valence electrons. The van der Waals surface area contributed by atoms with E-state index in [1.165, 1.54) is 11.3 Å². The van der Waals surface area contributed by atoms with Crippen molar-refractivity contribution >= 4 is 22.4 Å². The van der Waals surface area contributed by atoms with E-state index < -0.39 is 0 Å². The molecule has 3 N–H and O–H groups in total. The Morgan fingerprint density at radius 3 is 3.12 bits per heavy atom. The topological polar surface area (TPSA) is 79.5 Å². The van der Waals surface area contributed by atoms with Gasteiger partial charge in [0.15, 0.2) is 5.13 Å². The summed E-state index contributed by atoms with van der Waals surface area (Å²) in [6.45, 7) is 0.786. The van der Waals surface area contributed by atoms with E-state index in [0.29, 0.717) is 5.13 Å². The number of carbonyl (C=O) groups is 1. The van der Waals surface area contributed by atoms with Crippen molar-refractivity contribution in [3.05, 3.63) is 11.1 Å². The van der Waals surface area contributed by atoms with Gasteiger partial charge >= 0.3 is 0 Å². The van der Waals surface area contributed by atoms with Gasteiger partial charge in [-0.3, -0.25) is 4.79 Å². The van der Waals surface area contributed by atoms with E-state index in [0.717, 1.165) is 31.5 Å². The molecule has 1 amide bonds. The number of hydrogen-bond donors (Lipinski definition) is 2. The van der Waals surface area contributed by atoms with Crippen molar-refractivity contribution in [3.63, 3.8) is 0 Å². The second kappa shape index (κ2) is 5.46. The van der Waals surface area contributed by atoms with Crippen molar-refractivity contribution in [2.45, 2.75) is 31.7 Å². The molecule has 1 aromatic heterocycles. The van der Waals surface area contributed by atoms with Gasteiger partial charge in [0.2, 0.25) is 5.91 Å². The van der Waals surface area contributed by atoms with Gasteiger partial charge < -0.3 is 15.7 Å². The fraction of sp³-hybridized carbons (Fsp3) is 0.636. The molecule has 0 spiro atoms. The average molecular weight is 255 g/mol. The molecule has 0 radical (unpaired) electrons. The van der Waals surface area contributed by atoms with Gasteiger partial charge in [0, 0.05) is 11.9 Å². The minimum atomic E-state index is -0.0211. The quantitative estimate of drug-likeness (QED) is 0.830. The first-order valence-electron chi connectivity index (χ1n) is 5.81. The summed E-state index contributed by atoms with van der Waals surface area (Å²) in [5.41, 5.74) is 6.25. The maximum atomic E-state index is 12.1. The van der Waals surface area contributed by atoms with E-state index in [9.17, 15) is 9.90 Å². The zero-order chi connectivity index (χ0) is 12.3. The third-order valence-corrected chi connectivity index (χ3v) is 3.78. The molecule has 1 atom stereocenters. The van der Waals surface area contributed by atoms with Gasteiger partial charge in [-0.2, -0.15) is 0 Å². The van der Waals surface area contributed by atoms with Crippen LogP contribution >= 0.6 is 11.3 Å². The molecular weight excluding hydrogens is 238 g/mol. The van der Waals surface area contributed by atoms with E-state index in [4.69, 9.17) is 5.73 Å². The van der Waals surface area contributed by atoms with Crippen LogP contribution in [-0.2, 0) is 11.2 Å². The third-order valence-electron chi connectivity index (χ3n) is 3.06. The number of aromatic nitrogens is 1. The first kappa shape index (κ1) is 12.3. The van der Waals surface area contributed by atoms with Gasteiger partial charge in [0.1, 0.15) is 0 Å². The molecule has 0 aromatic carbocycles. The monoisotopic (exact) mass is 255 g/mol. The second-order valence-corrected chi connectivity index (χ2v) is 5.16. The molecule has 1 unspecified atom stereocenters. The maximum Gasteiger partial charge on any atom is 0.228 e. The second-order valence-electron chi connectivity index (χ2n) is 4.27. The summed E-state index contributed by atoms with van der Waals surface area (Å²) in [6, 6.07) is -0.0211. The van der Waals surface area contributed by atoms with Crippen molar-refractivity contribution in [1.82, 2.24) is 9.88 Å². The Morgan fingerprint density at radius 2 is 2.47 bits per heavy atom. The van der Waals surface area contributed by atoms with E-state index in [1.807, 2.05) is 5.38 Å². The minimum Gasteiger partial charge on any atom is -0.394 e. The Bertz CT molecular complexity index is 394. The van der Waals surface area contributed by atoms with Crippen molar-refractivity contribution in [2.75, 3.05) is 18.9 Å². The predicted molar refractivity (Wildman–Crippen MR) is 66.7 cm³/mol. The number of amides is 1. The lowest BCUT2D eigenvalue weighted by molar-refractivity contribution is -0.135. The highest BCUT2D eigenvalue weighted by atomic mass is 32.1. The summed E-state index contributed by atoms with van der Waals surface area (Å²) in [5.74, 6) is 0.0362. The number of nitrogen functional groups attached to an aromatic ring is 1. The molecule has 1 saturated heterocycles. The largest absolute Gasteiger partial charge is 0.394 e. The number of aliphatic hydroxyl groups is 1. The number of anilines is 1. The van der Waals surface area contributed by atoms with Crippen LogP contribution in [0, 0.1) is 0 Å². The zero-order valence-corrected chi connectivity index (χ0v) is 10.4. The smallest absolute Gasteiger partial charge is 0.228 e. The first-order valence-corrected chi connectivity index (χ1v) is 6.69. The zero-order valence-electron chi connectivity index (χ0n) is 9.63. The fourth-order valence-electron chi connectivity index (χ4n) is 2.18. The number of likely N-dealkylation sites (tertiary alicyclic amines) is 1. The molecule has 5 nitrogen and oxygen atoms in total. The van der Waals surface area contributed by atoms with Crippen LogP contribution in [0.2, 0.25) is 0 Å². The van der Waals surface area contributed by atoms with Gasteiger partial charge in [-0.1, -0.05) is 0 Å². The molecular formula is C11H17N3O2S. The van der Waals surface area contributed by atoms with Crippen LogP contribution in [0.15, 0.2) is 5.38 Å². The van der Waals surface area contributed by atoms with Crippen LogP contribution in [-0.4, -0.2) is 40.1 Å². The van der Waals surface area contributed by atoms with Crippen molar-refractivity contribution in [1.29, 1.82) is 0 Å². The predicted octanol–water partition coefficient (Wildman–Crippen LogP) is 0.641. The summed E-state index contributed by atoms with van der Waals surface area (Å²) in [4.78, 5) is 17.9. The standard InChI is InChI=1S/C11H17N3O2S/c12-11-13-8(7-17-11)5-10(16)14-4-2-1-3-9(14)6-15/h7,9,15H,1-6H2,(H2,12,13). The van der Waals surface area contributed by atoms with Crippen LogP contribution in [0.25, 0.3) is 0 Å². The van der Waals surface area contributed by atoms with Gasteiger partial charge in [-0.25, -0.2) is 4.98 Å². The molecule has 1 aliphatic heterocycles. The lowest BCUT2D eigenvalue weighted by Crippen LogP contribution is -2.46. The van der Waals surface area contributed by atoms with Crippen LogP contribution in [0.4, 0.5) is 5.13 Å². The highest BCUT2D eigenvalue weighted by Crippen LogP contribution is 2.19. The van der Waals surface area contributed by atoms with E-state index in [1.54, 1.807) is 4.90 Å². The molecule has 1 aromatic rings. The number of nitrogens with zero attached hydrogens (tertiary/aromatic N) is 2. The molecule has 1 aliphatic rings. The maximum absolute atomic E-state index is 12.1. The fourth-order valence-corrected chi connectivity index (χ4v) is 2.74. The molecule has 0 bridgehead atoms. The van der Waals surface area contributed by atoms with E-state index in [-0.39, 0.29) is 25.0 Å². The Labute approximate surface area is 104 Å². The molecule has 2 heterocycles. The SMILES string of the molecule is Nc1nc(CC(=O)N2CCCCC2CO)cs1. The third kappa shape index (κ3) is 2.95. The molecule has 17 heavy (non-hydrogen) atoms. The van der Waals surface area contributed by atoms with Gasteiger partial charge in [-0.15, -0.1) is 11.3 Å². The Balaban J connectivity index is 1.98. The van der Waals surface area contributed by atoms with E-state index in [2.05, 4.69) is 4.98 Å². The Kier molecular flexibility index (Phi) is 3.96. The van der Waals surface area contributed by atoms with Crippen molar-refractivity contribution in [2.24, 2.45) is 0 Å². The summed E-state index contributed by atoms with van der Waals surface area (Å²) in [7, 11) is 0. The van der Waals surface area contributed by atoms with Crippen molar-refractivity contribution < 1.29 is 9.90 Å². The Morgan fingerprint density at radius 1 is 1.65 bits per heavy atom. The average Bonchev–Trinajstić information content (AvgIpc) is 2.74. The number of carbonyl (C=O) groups excluding carboxylic acids is 1. The molecule has 1 fully saturated rings. The van der Waals surface area contributed by atoms with Gasteiger partial charge in [0.25, 0.3) is 0 Å². The van der Waals surface area contributed by atoms with E-state index >= 15 is 0 Å². The molecule has 6 heteroatoms. The number of hydrogen-bond acceptors (Lipinski definition) is 5. The summed E-state index contributed by atoms with van der Waals surface area (Å²) >= 11 is 1.35. The number of aliphatic hydroxyl groups excluding tert-OH is 1. The van der Waals surface area contributed by atoms with Crippen LogP contribution < -0.4 is 5.73 Å². The minimum absolute atomic E-state index is 0.0211. The lowest BCUT2D eigenvalue weighted by Gasteiger charge is -2.34. The lowest BCUT2D eigenvalue weighted by atomic mass is 10.0. The molecule has 0 saturated carbocycles. The number of rotatable bonds is 3. The summed E-state index contributed by atoms with van der Waals surface area (Å²) in [6.07, 6.45) is 3.27. The van der Waals surface area contributed by atoms with Gasteiger partial charge in [0.05, 0.1) is 24.8 Å². The van der Waals surface area contributed by atoms with Crippen LogP contribution in [0.5, 0.6) is 0 Å². The number of thiazole rings is 1. The number of piperidine rings is 1.